The Morgan fingerprint density at radius 2 is 0.671 bits per heavy atom. The first-order chi connectivity index (χ1) is 36.0. The molecule has 0 aromatic rings. The van der Waals surface area contributed by atoms with Crippen molar-refractivity contribution in [3.63, 3.8) is 0 Å². The lowest BCUT2D eigenvalue weighted by atomic mass is 10.0. The highest BCUT2D eigenvalue weighted by Gasteiger charge is 2.20. The molecule has 0 spiro atoms. The van der Waals surface area contributed by atoms with Crippen molar-refractivity contribution >= 4 is 11.9 Å². The maximum atomic E-state index is 12.5. The van der Waals surface area contributed by atoms with Crippen molar-refractivity contribution in [2.75, 3.05) is 13.2 Å². The van der Waals surface area contributed by atoms with Gasteiger partial charge in [-0.3, -0.25) is 9.59 Å². The summed E-state index contributed by atoms with van der Waals surface area (Å²) in [5.41, 5.74) is 0. The van der Waals surface area contributed by atoms with Gasteiger partial charge in [-0.15, -0.1) is 0 Å². The predicted octanol–water partition coefficient (Wildman–Crippen LogP) is 21.0. The maximum Gasteiger partial charge on any atom is 0.305 e. The number of unbranched alkanes of at least 4 members (excludes halogenated alkanes) is 48. The number of aliphatic hydroxyl groups excluding tert-OH is 2. The van der Waals surface area contributed by atoms with Crippen LogP contribution >= 0.6 is 0 Å². The van der Waals surface area contributed by atoms with Gasteiger partial charge in [0.1, 0.15) is 0 Å². The molecule has 0 fully saturated rings. The van der Waals surface area contributed by atoms with Crippen molar-refractivity contribution < 1.29 is 24.5 Å². The van der Waals surface area contributed by atoms with Gasteiger partial charge in [-0.05, 0) is 57.8 Å². The van der Waals surface area contributed by atoms with E-state index in [1.54, 1.807) is 0 Å². The van der Waals surface area contributed by atoms with Crippen molar-refractivity contribution in [3.05, 3.63) is 24.3 Å². The van der Waals surface area contributed by atoms with Crippen LogP contribution in [0.25, 0.3) is 0 Å². The fraction of sp³-hybridized carbons (Fsp3) is 0.910. The zero-order valence-corrected chi connectivity index (χ0v) is 49.4. The molecule has 2 unspecified atom stereocenters. The van der Waals surface area contributed by atoms with Gasteiger partial charge in [-0.2, -0.15) is 0 Å². The van der Waals surface area contributed by atoms with Crippen LogP contribution in [0.15, 0.2) is 24.3 Å². The molecule has 1 amide bonds. The highest BCUT2D eigenvalue weighted by atomic mass is 16.5. The summed E-state index contributed by atoms with van der Waals surface area (Å²) in [5, 5.41) is 23.4. The fourth-order valence-electron chi connectivity index (χ4n) is 10.5. The summed E-state index contributed by atoms with van der Waals surface area (Å²) in [5.74, 6) is -0.0504. The summed E-state index contributed by atoms with van der Waals surface area (Å²) < 4.78 is 5.46. The normalized spacial score (nSPS) is 12.7. The molecule has 3 N–H and O–H groups in total. The molecule has 432 valence electrons. The minimum atomic E-state index is -0.672. The van der Waals surface area contributed by atoms with Gasteiger partial charge in [0.25, 0.3) is 0 Å². The second-order valence-corrected chi connectivity index (χ2v) is 22.8. The zero-order chi connectivity index (χ0) is 52.9. The molecule has 0 saturated carbocycles. The van der Waals surface area contributed by atoms with Crippen molar-refractivity contribution in [2.24, 2.45) is 0 Å². The Hall–Kier alpha value is -1.66. The third-order valence-electron chi connectivity index (χ3n) is 15.5. The van der Waals surface area contributed by atoms with Crippen molar-refractivity contribution in [1.29, 1.82) is 0 Å². The smallest absolute Gasteiger partial charge is 0.305 e. The van der Waals surface area contributed by atoms with Gasteiger partial charge in [-0.1, -0.05) is 321 Å². The molecule has 0 rings (SSSR count). The van der Waals surface area contributed by atoms with Gasteiger partial charge < -0.3 is 20.3 Å². The van der Waals surface area contributed by atoms with E-state index in [1.165, 1.54) is 263 Å². The lowest BCUT2D eigenvalue weighted by Crippen LogP contribution is -2.45. The average molecular weight is 1030 g/mol. The lowest BCUT2D eigenvalue weighted by Gasteiger charge is -2.22. The Balaban J connectivity index is 3.46. The molecular formula is C67H129NO5. The number of hydrogen-bond acceptors (Lipinski definition) is 5. The summed E-state index contributed by atoms with van der Waals surface area (Å²) in [4.78, 5) is 24.6. The minimum Gasteiger partial charge on any atom is -0.466 e. The molecule has 73 heavy (non-hydrogen) atoms. The van der Waals surface area contributed by atoms with Gasteiger partial charge in [0.15, 0.2) is 0 Å². The number of carbonyl (C=O) groups excluding carboxylic acids is 2. The van der Waals surface area contributed by atoms with Crippen LogP contribution in [0.5, 0.6) is 0 Å². The standard InChI is InChI=1S/C67H129NO5/c1-3-5-7-9-11-13-15-17-19-20-21-22-23-25-28-32-35-39-43-47-51-55-59-65(70)64(63-69)68-66(71)60-56-52-48-44-40-36-33-29-26-24-27-30-34-38-42-46-50-54-58-62-73-67(72)61-57-53-49-45-41-37-31-18-16-14-12-10-8-6-4-2/h30,34,38,42,64-65,69-70H,3-29,31-33,35-37,39-41,43-63H2,1-2H3,(H,68,71)/b34-30-,42-38-. The maximum absolute atomic E-state index is 12.5. The molecule has 0 radical (unpaired) electrons. The lowest BCUT2D eigenvalue weighted by molar-refractivity contribution is -0.143. The summed E-state index contributed by atoms with van der Waals surface area (Å²) in [6.45, 7) is 4.95. The summed E-state index contributed by atoms with van der Waals surface area (Å²) >= 11 is 0. The number of allylic oxidation sites excluding steroid dienone is 4. The Kier molecular flexibility index (Phi) is 61.4. The minimum absolute atomic E-state index is 0.00956. The number of carbonyl (C=O) groups is 2. The number of hydrogen-bond donors (Lipinski definition) is 3. The van der Waals surface area contributed by atoms with Gasteiger partial charge in [-0.25, -0.2) is 0 Å². The van der Waals surface area contributed by atoms with E-state index >= 15 is 0 Å². The number of ether oxygens (including phenoxy) is 1. The van der Waals surface area contributed by atoms with Gasteiger partial charge in [0, 0.05) is 12.8 Å². The molecule has 0 heterocycles. The summed E-state index contributed by atoms with van der Waals surface area (Å²) in [6, 6.07) is -0.550. The van der Waals surface area contributed by atoms with Crippen LogP contribution < -0.4 is 5.32 Å². The fourth-order valence-corrected chi connectivity index (χ4v) is 10.5. The molecule has 0 aliphatic carbocycles. The molecule has 2 atom stereocenters. The van der Waals surface area contributed by atoms with Crippen LogP contribution in [0, 0.1) is 0 Å². The van der Waals surface area contributed by atoms with E-state index in [0.29, 0.717) is 25.9 Å². The van der Waals surface area contributed by atoms with Gasteiger partial charge in [0.2, 0.25) is 5.91 Å². The van der Waals surface area contributed by atoms with E-state index in [4.69, 9.17) is 4.74 Å². The van der Waals surface area contributed by atoms with Crippen LogP contribution in [0.4, 0.5) is 0 Å². The second-order valence-electron chi connectivity index (χ2n) is 22.8. The van der Waals surface area contributed by atoms with E-state index < -0.39 is 12.1 Å². The average Bonchev–Trinajstić information content (AvgIpc) is 3.39. The van der Waals surface area contributed by atoms with Crippen molar-refractivity contribution in [3.8, 4) is 0 Å². The first kappa shape index (κ1) is 71.3. The zero-order valence-electron chi connectivity index (χ0n) is 49.4. The SMILES string of the molecule is CCCCCCCCCCCCCCCCCCCCCCCCC(O)C(CO)NC(=O)CCCCCCCCCCCC/C=C\C=C/CCCCCOC(=O)CCCCCCCCCCCCCCCCC. The van der Waals surface area contributed by atoms with Crippen LogP contribution in [0.2, 0.25) is 0 Å². The molecule has 6 heteroatoms. The first-order valence-corrected chi connectivity index (χ1v) is 33.1. The highest BCUT2D eigenvalue weighted by molar-refractivity contribution is 5.76. The predicted molar refractivity (Wildman–Crippen MR) is 320 cm³/mol. The van der Waals surface area contributed by atoms with E-state index in [2.05, 4.69) is 43.5 Å². The molecular weight excluding hydrogens is 899 g/mol. The molecule has 0 aromatic carbocycles. The summed E-state index contributed by atoms with van der Waals surface area (Å²) in [6.07, 6.45) is 77.7. The highest BCUT2D eigenvalue weighted by Crippen LogP contribution is 2.18. The van der Waals surface area contributed by atoms with E-state index in [9.17, 15) is 19.8 Å². The van der Waals surface area contributed by atoms with Crippen LogP contribution in [0.1, 0.15) is 367 Å². The van der Waals surface area contributed by atoms with Crippen molar-refractivity contribution in [2.45, 2.75) is 379 Å². The van der Waals surface area contributed by atoms with E-state index in [-0.39, 0.29) is 18.5 Å². The largest absolute Gasteiger partial charge is 0.466 e. The Bertz CT molecular complexity index is 1140. The number of rotatable bonds is 62. The molecule has 0 aliphatic heterocycles. The topological polar surface area (TPSA) is 95.9 Å². The van der Waals surface area contributed by atoms with Gasteiger partial charge >= 0.3 is 5.97 Å². The van der Waals surface area contributed by atoms with Gasteiger partial charge in [0.05, 0.1) is 25.4 Å². The molecule has 0 bridgehead atoms. The number of aliphatic hydroxyl groups is 2. The van der Waals surface area contributed by atoms with Crippen LogP contribution in [-0.4, -0.2) is 47.4 Å². The third-order valence-corrected chi connectivity index (χ3v) is 15.5. The monoisotopic (exact) mass is 1030 g/mol. The molecule has 6 nitrogen and oxygen atoms in total. The first-order valence-electron chi connectivity index (χ1n) is 33.1. The Labute approximate surface area is 456 Å². The Morgan fingerprint density at radius 3 is 1.01 bits per heavy atom. The number of amides is 1. The second kappa shape index (κ2) is 62.9. The third kappa shape index (κ3) is 59.4. The number of nitrogens with one attached hydrogen (secondary N) is 1. The van der Waals surface area contributed by atoms with E-state index in [1.807, 2.05) is 0 Å². The Morgan fingerprint density at radius 1 is 0.384 bits per heavy atom. The van der Waals surface area contributed by atoms with Crippen molar-refractivity contribution in [1.82, 2.24) is 5.32 Å². The molecule has 0 aromatic heterocycles. The van der Waals surface area contributed by atoms with E-state index in [0.717, 1.165) is 70.6 Å². The molecule has 0 aliphatic rings. The molecule has 0 saturated heterocycles. The van der Waals surface area contributed by atoms with Crippen LogP contribution in [-0.2, 0) is 14.3 Å². The quantitative estimate of drug-likeness (QED) is 0.0320. The number of esters is 1. The summed E-state index contributed by atoms with van der Waals surface area (Å²) in [7, 11) is 0. The van der Waals surface area contributed by atoms with Crippen LogP contribution in [0.3, 0.4) is 0 Å².